The van der Waals surface area contributed by atoms with Crippen LogP contribution in [0, 0.1) is 0 Å². The molecule has 1 aliphatic rings. The lowest BCUT2D eigenvalue weighted by Gasteiger charge is -2.20. The van der Waals surface area contributed by atoms with E-state index in [1.54, 1.807) is 0 Å². The van der Waals surface area contributed by atoms with Crippen LogP contribution in [-0.2, 0) is 4.79 Å². The van der Waals surface area contributed by atoms with Crippen molar-refractivity contribution >= 4 is 23.8 Å². The van der Waals surface area contributed by atoms with Gasteiger partial charge in [-0.05, 0) is 12.8 Å². The van der Waals surface area contributed by atoms with Crippen LogP contribution in [0.5, 0.6) is 0 Å². The van der Waals surface area contributed by atoms with Crippen LogP contribution in [0.4, 0.5) is 18.0 Å². The molecule has 0 aliphatic carbocycles. The molecule has 1 rings (SSSR count). The van der Waals surface area contributed by atoms with Gasteiger partial charge in [-0.1, -0.05) is 0 Å². The summed E-state index contributed by atoms with van der Waals surface area (Å²) in [7, 11) is 0. The molecule has 110 valence electrons. The zero-order valence-electron chi connectivity index (χ0n) is 10.1. The number of rotatable bonds is 5. The summed E-state index contributed by atoms with van der Waals surface area (Å²) in [6.45, 7) is 0.114. The lowest BCUT2D eigenvalue weighted by Crippen LogP contribution is -2.47. The smallest absolute Gasteiger partial charge is 0.389 e. The van der Waals surface area contributed by atoms with Crippen molar-refractivity contribution in [2.24, 2.45) is 0 Å². The molecule has 0 aromatic carbocycles. The van der Waals surface area contributed by atoms with E-state index in [0.717, 1.165) is 0 Å². The number of alkyl halides is 3. The number of hydrogen-bond donors (Lipinski definition) is 2. The van der Waals surface area contributed by atoms with Gasteiger partial charge in [0.05, 0.1) is 5.88 Å². The van der Waals surface area contributed by atoms with Crippen molar-refractivity contribution in [3.8, 4) is 0 Å². The molecule has 1 aliphatic heterocycles. The summed E-state index contributed by atoms with van der Waals surface area (Å²) in [5.74, 6) is -0.459. The van der Waals surface area contributed by atoms with Gasteiger partial charge < -0.3 is 15.3 Å². The van der Waals surface area contributed by atoms with E-state index in [4.69, 9.17) is 5.11 Å². The fourth-order valence-corrected chi connectivity index (χ4v) is 2.74. The Morgan fingerprint density at radius 2 is 2.05 bits per heavy atom. The summed E-state index contributed by atoms with van der Waals surface area (Å²) in [6.07, 6.45) is -4.89. The molecule has 1 saturated heterocycles. The van der Waals surface area contributed by atoms with E-state index in [1.165, 1.54) is 16.7 Å². The molecule has 5 nitrogen and oxygen atoms in total. The second-order valence-corrected chi connectivity index (χ2v) is 5.13. The van der Waals surface area contributed by atoms with Gasteiger partial charge in [-0.3, -0.25) is 0 Å². The zero-order valence-corrected chi connectivity index (χ0v) is 10.9. The number of urea groups is 1. The Hall–Kier alpha value is -1.12. The maximum atomic E-state index is 11.9. The number of carboxylic acids is 1. The molecule has 0 unspecified atom stereocenters. The zero-order chi connectivity index (χ0) is 14.5. The van der Waals surface area contributed by atoms with Crippen LogP contribution in [0.15, 0.2) is 0 Å². The first-order chi connectivity index (χ1) is 8.81. The normalized spacial score (nSPS) is 19.5. The van der Waals surface area contributed by atoms with Crippen molar-refractivity contribution in [3.05, 3.63) is 0 Å². The van der Waals surface area contributed by atoms with Crippen molar-refractivity contribution in [1.82, 2.24) is 10.2 Å². The molecule has 2 N–H and O–H groups in total. The number of carboxylic acid groups (broad SMARTS) is 1. The average molecular weight is 300 g/mol. The number of amides is 2. The Bertz CT molecular complexity index is 338. The topological polar surface area (TPSA) is 69.6 Å². The maximum absolute atomic E-state index is 11.9. The van der Waals surface area contributed by atoms with E-state index in [9.17, 15) is 22.8 Å². The summed E-state index contributed by atoms with van der Waals surface area (Å²) < 4.78 is 35.6. The molecule has 0 spiro atoms. The monoisotopic (exact) mass is 300 g/mol. The number of hydrogen-bond acceptors (Lipinski definition) is 3. The highest BCUT2D eigenvalue weighted by Crippen LogP contribution is 2.22. The highest BCUT2D eigenvalue weighted by molar-refractivity contribution is 7.99. The maximum Gasteiger partial charge on any atom is 0.389 e. The number of thioether (sulfide) groups is 1. The van der Waals surface area contributed by atoms with E-state index < -0.39 is 30.6 Å². The molecule has 19 heavy (non-hydrogen) atoms. The lowest BCUT2D eigenvalue weighted by molar-refractivity contribution is -0.141. The van der Waals surface area contributed by atoms with Gasteiger partial charge in [-0.25, -0.2) is 9.59 Å². The third kappa shape index (κ3) is 5.58. The Kier molecular flexibility index (Phi) is 5.77. The van der Waals surface area contributed by atoms with Gasteiger partial charge in [-0.15, -0.1) is 11.8 Å². The summed E-state index contributed by atoms with van der Waals surface area (Å²) >= 11 is 1.33. The SMILES string of the molecule is O=C(O)[C@@H]1CSCN1C(=O)NCCCCC(F)(F)F. The van der Waals surface area contributed by atoms with Crippen molar-refractivity contribution in [2.45, 2.75) is 31.5 Å². The van der Waals surface area contributed by atoms with Gasteiger partial charge in [0, 0.05) is 18.7 Å². The van der Waals surface area contributed by atoms with Crippen LogP contribution in [-0.4, -0.2) is 52.4 Å². The molecule has 2 amide bonds. The number of aliphatic carboxylic acids is 1. The highest BCUT2D eigenvalue weighted by Gasteiger charge is 2.34. The van der Waals surface area contributed by atoms with Gasteiger partial charge in [0.15, 0.2) is 0 Å². The third-order valence-electron chi connectivity index (χ3n) is 2.59. The predicted octanol–water partition coefficient (Wildman–Crippen LogP) is 1.89. The Balaban J connectivity index is 2.22. The van der Waals surface area contributed by atoms with Gasteiger partial charge in [-0.2, -0.15) is 13.2 Å². The van der Waals surface area contributed by atoms with Crippen molar-refractivity contribution in [1.29, 1.82) is 0 Å². The number of nitrogens with one attached hydrogen (secondary N) is 1. The van der Waals surface area contributed by atoms with Crippen molar-refractivity contribution < 1.29 is 27.9 Å². The molecule has 9 heteroatoms. The molecule has 0 saturated carbocycles. The van der Waals surface area contributed by atoms with Gasteiger partial charge in [0.2, 0.25) is 0 Å². The summed E-state index contributed by atoms with van der Waals surface area (Å²) in [4.78, 5) is 23.7. The fourth-order valence-electron chi connectivity index (χ4n) is 1.59. The molecule has 0 radical (unpaired) electrons. The quantitative estimate of drug-likeness (QED) is 0.761. The van der Waals surface area contributed by atoms with Crippen LogP contribution in [0.3, 0.4) is 0 Å². The van der Waals surface area contributed by atoms with Gasteiger partial charge >= 0.3 is 18.2 Å². The summed E-state index contributed by atoms with van der Waals surface area (Å²) in [5, 5.41) is 11.3. The number of carbonyl (C=O) groups excluding carboxylic acids is 1. The second-order valence-electron chi connectivity index (χ2n) is 4.13. The van der Waals surface area contributed by atoms with Crippen LogP contribution >= 0.6 is 11.8 Å². The van der Waals surface area contributed by atoms with Crippen molar-refractivity contribution in [3.63, 3.8) is 0 Å². The first-order valence-electron chi connectivity index (χ1n) is 5.73. The molecular weight excluding hydrogens is 285 g/mol. The fraction of sp³-hybridized carbons (Fsp3) is 0.800. The molecule has 1 fully saturated rings. The minimum atomic E-state index is -4.18. The Morgan fingerprint density at radius 1 is 1.37 bits per heavy atom. The van der Waals surface area contributed by atoms with Gasteiger partial charge in [0.1, 0.15) is 6.04 Å². The van der Waals surface area contributed by atoms with E-state index in [1.807, 2.05) is 0 Å². The molecular formula is C10H15F3N2O3S. The molecule has 1 atom stereocenters. The first-order valence-corrected chi connectivity index (χ1v) is 6.88. The van der Waals surface area contributed by atoms with Crippen LogP contribution < -0.4 is 5.32 Å². The predicted molar refractivity (Wildman–Crippen MR) is 63.9 cm³/mol. The molecule has 0 bridgehead atoms. The van der Waals surface area contributed by atoms with E-state index in [-0.39, 0.29) is 25.3 Å². The van der Waals surface area contributed by atoms with Crippen LogP contribution in [0.2, 0.25) is 0 Å². The third-order valence-corrected chi connectivity index (χ3v) is 3.60. The second kappa shape index (κ2) is 6.88. The van der Waals surface area contributed by atoms with Gasteiger partial charge in [0.25, 0.3) is 0 Å². The summed E-state index contributed by atoms with van der Waals surface area (Å²) in [6, 6.07) is -1.40. The van der Waals surface area contributed by atoms with Crippen LogP contribution in [0.25, 0.3) is 0 Å². The summed E-state index contributed by atoms with van der Waals surface area (Å²) in [5.41, 5.74) is 0. The molecule has 1 heterocycles. The molecule has 0 aromatic rings. The number of halogens is 3. The highest BCUT2D eigenvalue weighted by atomic mass is 32.2. The van der Waals surface area contributed by atoms with Crippen molar-refractivity contribution in [2.75, 3.05) is 18.2 Å². The number of nitrogens with zero attached hydrogens (tertiary/aromatic N) is 1. The largest absolute Gasteiger partial charge is 0.480 e. The first kappa shape index (κ1) is 15.9. The number of unbranched alkanes of at least 4 members (excludes halogenated alkanes) is 1. The van der Waals surface area contributed by atoms with E-state index >= 15 is 0 Å². The van der Waals surface area contributed by atoms with E-state index in [2.05, 4.69) is 5.32 Å². The standard InChI is InChI=1S/C10H15F3N2O3S/c11-10(12,13)3-1-2-4-14-9(18)15-6-19-5-7(15)8(16)17/h7H,1-6H2,(H,14,18)(H,16,17)/t7-/m0/s1. The molecule has 0 aromatic heterocycles. The lowest BCUT2D eigenvalue weighted by atomic mass is 10.2. The van der Waals surface area contributed by atoms with Crippen LogP contribution in [0.1, 0.15) is 19.3 Å². The number of carbonyl (C=O) groups is 2. The Labute approximate surface area is 112 Å². The Morgan fingerprint density at radius 3 is 2.63 bits per heavy atom. The average Bonchev–Trinajstić information content (AvgIpc) is 2.75. The minimum Gasteiger partial charge on any atom is -0.480 e. The van der Waals surface area contributed by atoms with E-state index in [0.29, 0.717) is 5.75 Å². The minimum absolute atomic E-state index is 0.0547.